The quantitative estimate of drug-likeness (QED) is 0.852. The van der Waals surface area contributed by atoms with E-state index in [9.17, 15) is 9.59 Å². The van der Waals surface area contributed by atoms with E-state index >= 15 is 0 Å². The van der Waals surface area contributed by atoms with Crippen LogP contribution in [0, 0.1) is 0 Å². The Morgan fingerprint density at radius 1 is 1.12 bits per heavy atom. The number of aliphatic carboxylic acids is 1. The number of carboxylic acid groups (broad SMARTS) is 1. The molecular formula is C17H20N4O4. The lowest BCUT2D eigenvalue weighted by molar-refractivity contribution is -0.138. The minimum absolute atomic E-state index is 0.418. The molecule has 1 aliphatic rings. The monoisotopic (exact) mass is 344 g/mol. The van der Waals surface area contributed by atoms with Crippen LogP contribution in [0.2, 0.25) is 0 Å². The lowest BCUT2D eigenvalue weighted by atomic mass is 10.2. The molecule has 0 bridgehead atoms. The minimum atomic E-state index is -1.09. The highest BCUT2D eigenvalue weighted by Gasteiger charge is 2.21. The average molecular weight is 344 g/mol. The van der Waals surface area contributed by atoms with Gasteiger partial charge in [-0.25, -0.2) is 4.68 Å². The molecule has 1 aromatic heterocycles. The number of nitrogens with zero attached hydrogens (tertiary/aromatic N) is 4. The Balaban J connectivity index is 1.72. The van der Waals surface area contributed by atoms with Crippen LogP contribution in [0.1, 0.15) is 0 Å². The van der Waals surface area contributed by atoms with Crippen molar-refractivity contribution in [3.63, 3.8) is 0 Å². The number of aromatic nitrogens is 2. The molecule has 2 heterocycles. The van der Waals surface area contributed by atoms with Gasteiger partial charge in [0.1, 0.15) is 18.1 Å². The largest absolute Gasteiger partial charge is 0.495 e. The third-order valence-corrected chi connectivity index (χ3v) is 4.17. The summed E-state index contributed by atoms with van der Waals surface area (Å²) in [7, 11) is 1.66. The molecule has 0 unspecified atom stereocenters. The molecule has 1 fully saturated rings. The molecule has 0 atom stereocenters. The van der Waals surface area contributed by atoms with Crippen molar-refractivity contribution >= 4 is 17.5 Å². The molecule has 1 aliphatic heterocycles. The van der Waals surface area contributed by atoms with Crippen molar-refractivity contribution in [3.05, 3.63) is 46.8 Å². The highest BCUT2D eigenvalue weighted by atomic mass is 16.5. The Bertz CT molecular complexity index is 812. The molecule has 0 amide bonds. The maximum absolute atomic E-state index is 11.7. The van der Waals surface area contributed by atoms with Gasteiger partial charge in [0.2, 0.25) is 0 Å². The Labute approximate surface area is 144 Å². The number of rotatable bonds is 5. The van der Waals surface area contributed by atoms with Gasteiger partial charge in [0.25, 0.3) is 5.56 Å². The Morgan fingerprint density at radius 2 is 1.80 bits per heavy atom. The van der Waals surface area contributed by atoms with Gasteiger partial charge in [-0.2, -0.15) is 5.10 Å². The highest BCUT2D eigenvalue weighted by Crippen LogP contribution is 2.28. The maximum Gasteiger partial charge on any atom is 0.325 e. The standard InChI is InChI=1S/C17H20N4O4/c1-25-14-5-3-2-4-13(14)19-8-10-20(11-9-19)15-6-7-16(22)21(18-15)12-17(23)24/h2-7H,8-12H2,1H3,(H,23,24). The van der Waals surface area contributed by atoms with Gasteiger partial charge in [-0.3, -0.25) is 9.59 Å². The van der Waals surface area contributed by atoms with Gasteiger partial charge in [-0.05, 0) is 18.2 Å². The number of carbonyl (C=O) groups is 1. The van der Waals surface area contributed by atoms with Crippen LogP contribution in [-0.4, -0.2) is 54.1 Å². The normalized spacial score (nSPS) is 14.4. The zero-order valence-corrected chi connectivity index (χ0v) is 14.0. The molecule has 0 radical (unpaired) electrons. The lowest BCUT2D eigenvalue weighted by Gasteiger charge is -2.37. The van der Waals surface area contributed by atoms with Gasteiger partial charge in [-0.1, -0.05) is 12.1 Å². The minimum Gasteiger partial charge on any atom is -0.495 e. The molecule has 0 aliphatic carbocycles. The summed E-state index contributed by atoms with van der Waals surface area (Å²) in [6, 6.07) is 10.9. The van der Waals surface area contributed by atoms with Crippen LogP contribution >= 0.6 is 0 Å². The van der Waals surface area contributed by atoms with Crippen molar-refractivity contribution in [1.82, 2.24) is 9.78 Å². The summed E-state index contributed by atoms with van der Waals surface area (Å²) in [5.41, 5.74) is 0.632. The zero-order valence-electron chi connectivity index (χ0n) is 14.0. The van der Waals surface area contributed by atoms with Crippen molar-refractivity contribution in [2.24, 2.45) is 0 Å². The number of benzene rings is 1. The smallest absolute Gasteiger partial charge is 0.325 e. The SMILES string of the molecule is COc1ccccc1N1CCN(c2ccc(=O)n(CC(=O)O)n2)CC1. The number of piperazine rings is 1. The molecule has 1 saturated heterocycles. The van der Waals surface area contributed by atoms with Crippen LogP contribution in [0.25, 0.3) is 0 Å². The fourth-order valence-corrected chi connectivity index (χ4v) is 2.92. The van der Waals surface area contributed by atoms with Crippen molar-refractivity contribution < 1.29 is 14.6 Å². The van der Waals surface area contributed by atoms with E-state index in [-0.39, 0.29) is 0 Å². The summed E-state index contributed by atoms with van der Waals surface area (Å²) in [4.78, 5) is 26.8. The number of ether oxygens (including phenoxy) is 1. The van der Waals surface area contributed by atoms with Crippen molar-refractivity contribution in [2.45, 2.75) is 6.54 Å². The third kappa shape index (κ3) is 3.73. The maximum atomic E-state index is 11.7. The van der Waals surface area contributed by atoms with E-state index in [1.54, 1.807) is 13.2 Å². The summed E-state index contributed by atoms with van der Waals surface area (Å²) in [6.45, 7) is 2.56. The van der Waals surface area contributed by atoms with Gasteiger partial charge in [0.15, 0.2) is 0 Å². The van der Waals surface area contributed by atoms with Crippen LogP contribution in [0.15, 0.2) is 41.2 Å². The second-order valence-electron chi connectivity index (χ2n) is 5.73. The number of hydrogen-bond acceptors (Lipinski definition) is 6. The van der Waals surface area contributed by atoms with Crippen LogP contribution in [0.3, 0.4) is 0 Å². The first kappa shape index (κ1) is 16.8. The van der Waals surface area contributed by atoms with Crippen LogP contribution in [0.4, 0.5) is 11.5 Å². The fraction of sp³-hybridized carbons (Fsp3) is 0.353. The fourth-order valence-electron chi connectivity index (χ4n) is 2.92. The van der Waals surface area contributed by atoms with Gasteiger partial charge >= 0.3 is 5.97 Å². The van der Waals surface area contributed by atoms with Gasteiger partial charge in [-0.15, -0.1) is 0 Å². The predicted octanol–water partition coefficient (Wildman–Crippen LogP) is 0.663. The zero-order chi connectivity index (χ0) is 17.8. The van der Waals surface area contributed by atoms with Gasteiger partial charge < -0.3 is 19.6 Å². The third-order valence-electron chi connectivity index (χ3n) is 4.17. The number of para-hydroxylation sites is 2. The predicted molar refractivity (Wildman–Crippen MR) is 93.6 cm³/mol. The van der Waals surface area contributed by atoms with E-state index in [0.29, 0.717) is 5.82 Å². The highest BCUT2D eigenvalue weighted by molar-refractivity contribution is 5.66. The molecule has 3 rings (SSSR count). The molecule has 132 valence electrons. The second kappa shape index (κ2) is 7.25. The first-order chi connectivity index (χ1) is 12.1. The lowest BCUT2D eigenvalue weighted by Crippen LogP contribution is -2.47. The summed E-state index contributed by atoms with van der Waals surface area (Å²) in [5, 5.41) is 13.0. The first-order valence-electron chi connectivity index (χ1n) is 8.01. The summed E-state index contributed by atoms with van der Waals surface area (Å²) in [6.07, 6.45) is 0. The Kier molecular flexibility index (Phi) is 4.87. The van der Waals surface area contributed by atoms with E-state index < -0.39 is 18.1 Å². The average Bonchev–Trinajstić information content (AvgIpc) is 2.63. The molecule has 25 heavy (non-hydrogen) atoms. The van der Waals surface area contributed by atoms with Crippen molar-refractivity contribution in [1.29, 1.82) is 0 Å². The first-order valence-corrected chi connectivity index (χ1v) is 8.01. The van der Waals surface area contributed by atoms with Crippen LogP contribution in [-0.2, 0) is 11.3 Å². The molecule has 2 aromatic rings. The molecular weight excluding hydrogens is 324 g/mol. The Morgan fingerprint density at radius 3 is 2.48 bits per heavy atom. The molecule has 1 aromatic carbocycles. The number of carboxylic acids is 1. The topological polar surface area (TPSA) is 87.9 Å². The molecule has 1 N–H and O–H groups in total. The number of anilines is 2. The van der Waals surface area contributed by atoms with E-state index in [2.05, 4.69) is 10.00 Å². The molecule has 0 spiro atoms. The summed E-state index contributed by atoms with van der Waals surface area (Å²) < 4.78 is 6.39. The van der Waals surface area contributed by atoms with Crippen LogP contribution < -0.4 is 20.1 Å². The number of methoxy groups -OCH3 is 1. The second-order valence-corrected chi connectivity index (χ2v) is 5.73. The van der Waals surface area contributed by atoms with E-state index in [4.69, 9.17) is 9.84 Å². The summed E-state index contributed by atoms with van der Waals surface area (Å²) >= 11 is 0. The number of hydrogen-bond donors (Lipinski definition) is 1. The van der Waals surface area contributed by atoms with E-state index in [1.165, 1.54) is 6.07 Å². The molecule has 8 heteroatoms. The van der Waals surface area contributed by atoms with E-state index in [0.717, 1.165) is 42.3 Å². The molecule has 8 nitrogen and oxygen atoms in total. The van der Waals surface area contributed by atoms with Gasteiger partial charge in [0.05, 0.1) is 12.8 Å². The van der Waals surface area contributed by atoms with Crippen molar-refractivity contribution in [3.8, 4) is 5.75 Å². The van der Waals surface area contributed by atoms with Crippen molar-refractivity contribution in [2.75, 3.05) is 43.1 Å². The molecule has 0 saturated carbocycles. The van der Waals surface area contributed by atoms with Gasteiger partial charge in [0, 0.05) is 32.2 Å². The summed E-state index contributed by atoms with van der Waals surface area (Å²) in [5.74, 6) is 0.359. The van der Waals surface area contributed by atoms with Crippen LogP contribution in [0.5, 0.6) is 5.75 Å². The van der Waals surface area contributed by atoms with E-state index in [1.807, 2.05) is 29.2 Å². The Hall–Kier alpha value is -3.03.